The highest BCUT2D eigenvalue weighted by molar-refractivity contribution is 7.89. The second kappa shape index (κ2) is 5.93. The van der Waals surface area contributed by atoms with Crippen LogP contribution in [0.15, 0.2) is 29.2 Å². The number of hydrogen-bond donors (Lipinski definition) is 2. The Balaban J connectivity index is 2.13. The lowest BCUT2D eigenvalue weighted by Gasteiger charge is -2.14. The molecule has 0 heterocycles. The summed E-state index contributed by atoms with van der Waals surface area (Å²) < 4.78 is 26.5. The first kappa shape index (κ1) is 15.0. The predicted octanol–water partition coefficient (Wildman–Crippen LogP) is 2.10. The van der Waals surface area contributed by atoms with Crippen LogP contribution in [0.5, 0.6) is 0 Å². The van der Waals surface area contributed by atoms with Crippen LogP contribution in [0, 0.1) is 0 Å². The van der Waals surface area contributed by atoms with Crippen LogP contribution in [-0.2, 0) is 14.8 Å². The van der Waals surface area contributed by atoms with Gasteiger partial charge in [-0.05, 0) is 42.9 Å². The van der Waals surface area contributed by atoms with E-state index in [1.807, 2.05) is 19.1 Å². The predicted molar refractivity (Wildman–Crippen MR) is 75.1 cm³/mol. The molecule has 1 aliphatic rings. The van der Waals surface area contributed by atoms with Gasteiger partial charge in [0.1, 0.15) is 6.04 Å². The van der Waals surface area contributed by atoms with Gasteiger partial charge in [0.25, 0.3) is 0 Å². The maximum atomic E-state index is 12.1. The van der Waals surface area contributed by atoms with Crippen LogP contribution in [0.1, 0.15) is 44.1 Å². The third kappa shape index (κ3) is 3.58. The lowest BCUT2D eigenvalue weighted by atomic mass is 10.1. The first-order chi connectivity index (χ1) is 9.44. The van der Waals surface area contributed by atoms with Crippen molar-refractivity contribution in [3.8, 4) is 0 Å². The van der Waals surface area contributed by atoms with Gasteiger partial charge in [-0.15, -0.1) is 0 Å². The summed E-state index contributed by atoms with van der Waals surface area (Å²) in [5.74, 6) is -0.586. The Hall–Kier alpha value is -1.40. The van der Waals surface area contributed by atoms with Crippen molar-refractivity contribution < 1.29 is 18.3 Å². The summed E-state index contributed by atoms with van der Waals surface area (Å²) >= 11 is 0. The van der Waals surface area contributed by atoms with Gasteiger partial charge in [-0.3, -0.25) is 4.79 Å². The normalized spacial score (nSPS) is 16.9. The first-order valence-electron chi connectivity index (χ1n) is 6.79. The highest BCUT2D eigenvalue weighted by atomic mass is 32.2. The Morgan fingerprint density at radius 2 is 1.95 bits per heavy atom. The number of rotatable bonds is 7. The van der Waals surface area contributed by atoms with E-state index in [9.17, 15) is 13.2 Å². The zero-order valence-corrected chi connectivity index (χ0v) is 12.2. The fourth-order valence-electron chi connectivity index (χ4n) is 2.11. The lowest BCUT2D eigenvalue weighted by Crippen LogP contribution is -2.40. The number of carbonyl (C=O) groups is 1. The summed E-state index contributed by atoms with van der Waals surface area (Å²) in [5.41, 5.74) is 1.15. The third-order valence-corrected chi connectivity index (χ3v) is 4.90. The average molecular weight is 297 g/mol. The summed E-state index contributed by atoms with van der Waals surface area (Å²) in [6.45, 7) is 1.81. The number of carboxylic acids is 1. The molecule has 0 saturated heterocycles. The maximum absolute atomic E-state index is 12.1. The molecule has 1 fully saturated rings. The quantitative estimate of drug-likeness (QED) is 0.807. The van der Waals surface area contributed by atoms with Crippen molar-refractivity contribution in [3.63, 3.8) is 0 Å². The molecule has 2 N–H and O–H groups in total. The summed E-state index contributed by atoms with van der Waals surface area (Å²) in [7, 11) is -3.78. The van der Waals surface area contributed by atoms with Crippen molar-refractivity contribution >= 4 is 16.0 Å². The van der Waals surface area contributed by atoms with E-state index in [2.05, 4.69) is 4.72 Å². The van der Waals surface area contributed by atoms with E-state index in [4.69, 9.17) is 5.11 Å². The summed E-state index contributed by atoms with van der Waals surface area (Å²) in [6, 6.07) is 5.62. The Kier molecular flexibility index (Phi) is 4.45. The van der Waals surface area contributed by atoms with Crippen molar-refractivity contribution in [3.05, 3.63) is 29.8 Å². The van der Waals surface area contributed by atoms with Crippen LogP contribution in [0.25, 0.3) is 0 Å². The molecule has 1 atom stereocenters. The van der Waals surface area contributed by atoms with Crippen molar-refractivity contribution in [1.29, 1.82) is 0 Å². The van der Waals surface area contributed by atoms with Crippen LogP contribution in [-0.4, -0.2) is 25.5 Å². The summed E-state index contributed by atoms with van der Waals surface area (Å²) in [6.07, 6.45) is 3.18. The van der Waals surface area contributed by atoms with Crippen LogP contribution in [0.4, 0.5) is 0 Å². The third-order valence-electron chi connectivity index (χ3n) is 3.41. The largest absolute Gasteiger partial charge is 0.480 e. The number of nitrogens with one attached hydrogen (secondary N) is 1. The van der Waals surface area contributed by atoms with Gasteiger partial charge in [0, 0.05) is 0 Å². The Morgan fingerprint density at radius 3 is 2.40 bits per heavy atom. The molecular formula is C14H19NO4S. The average Bonchev–Trinajstić information content (AvgIpc) is 3.22. The van der Waals surface area contributed by atoms with Crippen LogP contribution in [0.3, 0.4) is 0 Å². The molecule has 0 amide bonds. The Morgan fingerprint density at radius 1 is 1.35 bits per heavy atom. The van der Waals surface area contributed by atoms with Gasteiger partial charge in [-0.2, -0.15) is 4.72 Å². The van der Waals surface area contributed by atoms with E-state index in [-0.39, 0.29) is 11.3 Å². The molecule has 6 heteroatoms. The molecule has 5 nitrogen and oxygen atoms in total. The second-order valence-electron chi connectivity index (χ2n) is 5.14. The van der Waals surface area contributed by atoms with E-state index in [1.165, 1.54) is 0 Å². The molecule has 110 valence electrons. The second-order valence-corrected chi connectivity index (χ2v) is 6.86. The van der Waals surface area contributed by atoms with Gasteiger partial charge in [0.15, 0.2) is 0 Å². The van der Waals surface area contributed by atoms with Gasteiger partial charge in [0.2, 0.25) is 10.0 Å². The van der Waals surface area contributed by atoms with Gasteiger partial charge < -0.3 is 5.11 Å². The number of sulfonamides is 1. The highest BCUT2D eigenvalue weighted by Gasteiger charge is 2.26. The molecule has 0 radical (unpaired) electrons. The number of carboxylic acid groups (broad SMARTS) is 1. The fraction of sp³-hybridized carbons (Fsp3) is 0.500. The van der Waals surface area contributed by atoms with E-state index in [1.54, 1.807) is 12.1 Å². The highest BCUT2D eigenvalue weighted by Crippen LogP contribution is 2.40. The lowest BCUT2D eigenvalue weighted by molar-refractivity contribution is -0.139. The topological polar surface area (TPSA) is 83.5 Å². The molecule has 0 bridgehead atoms. The molecule has 0 spiro atoms. The van der Waals surface area contributed by atoms with E-state index in [0.717, 1.165) is 18.4 Å². The number of hydrogen-bond acceptors (Lipinski definition) is 3. The molecule has 1 aromatic rings. The number of benzene rings is 1. The molecule has 0 aromatic heterocycles. The zero-order valence-electron chi connectivity index (χ0n) is 11.4. The van der Waals surface area contributed by atoms with Crippen LogP contribution < -0.4 is 4.72 Å². The molecule has 20 heavy (non-hydrogen) atoms. The molecule has 1 aliphatic carbocycles. The maximum Gasteiger partial charge on any atom is 0.321 e. The molecule has 0 aliphatic heterocycles. The smallest absolute Gasteiger partial charge is 0.321 e. The van der Waals surface area contributed by atoms with E-state index in [0.29, 0.717) is 12.3 Å². The minimum atomic E-state index is -3.78. The van der Waals surface area contributed by atoms with Gasteiger partial charge in [-0.25, -0.2) is 8.42 Å². The van der Waals surface area contributed by atoms with Gasteiger partial charge in [0.05, 0.1) is 4.90 Å². The minimum absolute atomic E-state index is 0.115. The molecule has 2 rings (SSSR count). The van der Waals surface area contributed by atoms with E-state index >= 15 is 0 Å². The minimum Gasteiger partial charge on any atom is -0.480 e. The molecule has 1 aromatic carbocycles. The van der Waals surface area contributed by atoms with Crippen molar-refractivity contribution in [2.24, 2.45) is 0 Å². The van der Waals surface area contributed by atoms with Gasteiger partial charge in [-0.1, -0.05) is 25.5 Å². The van der Waals surface area contributed by atoms with E-state index < -0.39 is 22.0 Å². The van der Waals surface area contributed by atoms with Crippen LogP contribution >= 0.6 is 0 Å². The standard InChI is InChI=1S/C14H19NO4S/c1-2-3-13(14(16)17)15-20(18,19)12-8-6-11(7-9-12)10-4-5-10/h6-10,13,15H,2-5H2,1H3,(H,16,17). The first-order valence-corrected chi connectivity index (χ1v) is 8.27. The van der Waals surface area contributed by atoms with Crippen molar-refractivity contribution in [2.45, 2.75) is 49.5 Å². The summed E-state index contributed by atoms with van der Waals surface area (Å²) in [4.78, 5) is 11.1. The Labute approximate surface area is 119 Å². The van der Waals surface area contributed by atoms with Crippen molar-refractivity contribution in [1.82, 2.24) is 4.72 Å². The van der Waals surface area contributed by atoms with Gasteiger partial charge >= 0.3 is 5.97 Å². The van der Waals surface area contributed by atoms with Crippen molar-refractivity contribution in [2.75, 3.05) is 0 Å². The molecule has 1 saturated carbocycles. The summed E-state index contributed by atoms with van der Waals surface area (Å²) in [5, 5.41) is 9.01. The SMILES string of the molecule is CCCC(NS(=O)(=O)c1ccc(C2CC2)cc1)C(=O)O. The number of aliphatic carboxylic acids is 1. The molecule has 1 unspecified atom stereocenters. The monoisotopic (exact) mass is 297 g/mol. The molecular weight excluding hydrogens is 278 g/mol. The Bertz CT molecular complexity index is 576. The zero-order chi connectivity index (χ0) is 14.8. The fourth-order valence-corrected chi connectivity index (χ4v) is 3.34. The van der Waals surface area contributed by atoms with Crippen LogP contribution in [0.2, 0.25) is 0 Å².